The first-order valence-corrected chi connectivity index (χ1v) is 9.12. The molecular weight excluding hydrogens is 312 g/mol. The van der Waals surface area contributed by atoms with Gasteiger partial charge in [-0.15, -0.1) is 0 Å². The monoisotopic (exact) mass is 340 g/mol. The number of hydrogen-bond acceptors (Lipinski definition) is 3. The Bertz CT molecular complexity index is 740. The standard InChI is InChI=1S/C21H28N2O2/c1-4-23(14-16-5-6-16)15-21(24)22(2)13-17-7-8-19-12-20(25-3)10-9-18(19)11-17/h7-12,16H,4-6,13-15H2,1-3H3. The summed E-state index contributed by atoms with van der Waals surface area (Å²) in [6.07, 6.45) is 2.64. The van der Waals surface area contributed by atoms with E-state index in [9.17, 15) is 4.79 Å². The molecule has 0 unspecified atom stereocenters. The van der Waals surface area contributed by atoms with Gasteiger partial charge in [-0.05, 0) is 59.8 Å². The van der Waals surface area contributed by atoms with Crippen molar-refractivity contribution in [1.29, 1.82) is 0 Å². The highest BCUT2D eigenvalue weighted by Crippen LogP contribution is 2.29. The first-order valence-electron chi connectivity index (χ1n) is 9.12. The maximum absolute atomic E-state index is 12.5. The lowest BCUT2D eigenvalue weighted by molar-refractivity contribution is -0.131. The van der Waals surface area contributed by atoms with E-state index in [-0.39, 0.29) is 5.91 Å². The summed E-state index contributed by atoms with van der Waals surface area (Å²) in [5.41, 5.74) is 1.15. The van der Waals surface area contributed by atoms with Gasteiger partial charge in [-0.3, -0.25) is 9.69 Å². The van der Waals surface area contributed by atoms with Crippen LogP contribution in [0.25, 0.3) is 10.8 Å². The second-order valence-corrected chi connectivity index (χ2v) is 7.07. The van der Waals surface area contributed by atoms with Gasteiger partial charge in [-0.25, -0.2) is 0 Å². The van der Waals surface area contributed by atoms with Gasteiger partial charge in [0.05, 0.1) is 13.7 Å². The van der Waals surface area contributed by atoms with Gasteiger partial charge >= 0.3 is 0 Å². The van der Waals surface area contributed by atoms with Crippen molar-refractivity contribution in [2.75, 3.05) is 33.8 Å². The molecule has 0 spiro atoms. The van der Waals surface area contributed by atoms with E-state index in [1.165, 1.54) is 18.2 Å². The van der Waals surface area contributed by atoms with E-state index in [2.05, 4.69) is 36.1 Å². The lowest BCUT2D eigenvalue weighted by atomic mass is 10.1. The van der Waals surface area contributed by atoms with Crippen LogP contribution >= 0.6 is 0 Å². The van der Waals surface area contributed by atoms with Gasteiger partial charge in [0, 0.05) is 20.1 Å². The Morgan fingerprint density at radius 2 is 1.88 bits per heavy atom. The number of amides is 1. The average Bonchev–Trinajstić information content (AvgIpc) is 3.44. The molecule has 1 amide bonds. The van der Waals surface area contributed by atoms with Crippen molar-refractivity contribution in [3.05, 3.63) is 42.0 Å². The Morgan fingerprint density at radius 1 is 1.16 bits per heavy atom. The van der Waals surface area contributed by atoms with E-state index in [0.29, 0.717) is 13.1 Å². The summed E-state index contributed by atoms with van der Waals surface area (Å²) in [6.45, 7) is 5.30. The molecule has 0 N–H and O–H groups in total. The van der Waals surface area contributed by atoms with Crippen LogP contribution in [0.3, 0.4) is 0 Å². The summed E-state index contributed by atoms with van der Waals surface area (Å²) >= 11 is 0. The third kappa shape index (κ3) is 4.73. The number of benzene rings is 2. The molecule has 0 saturated heterocycles. The Hall–Kier alpha value is -2.07. The number of hydrogen-bond donors (Lipinski definition) is 0. The predicted octanol–water partition coefficient (Wildman–Crippen LogP) is 3.54. The van der Waals surface area contributed by atoms with Gasteiger partial charge in [-0.2, -0.15) is 0 Å². The van der Waals surface area contributed by atoms with E-state index in [1.807, 2.05) is 24.1 Å². The minimum atomic E-state index is 0.192. The van der Waals surface area contributed by atoms with Gasteiger partial charge in [-0.1, -0.05) is 25.1 Å². The van der Waals surface area contributed by atoms with Gasteiger partial charge < -0.3 is 9.64 Å². The summed E-state index contributed by atoms with van der Waals surface area (Å²) < 4.78 is 5.27. The molecule has 1 saturated carbocycles. The minimum Gasteiger partial charge on any atom is -0.497 e. The number of likely N-dealkylation sites (N-methyl/N-ethyl adjacent to an activating group) is 2. The highest BCUT2D eigenvalue weighted by molar-refractivity contribution is 5.84. The smallest absolute Gasteiger partial charge is 0.236 e. The van der Waals surface area contributed by atoms with Crippen LogP contribution in [0.2, 0.25) is 0 Å². The van der Waals surface area contributed by atoms with E-state index in [1.54, 1.807) is 7.11 Å². The number of rotatable bonds is 8. The summed E-state index contributed by atoms with van der Waals surface area (Å²) in [4.78, 5) is 16.6. The highest BCUT2D eigenvalue weighted by atomic mass is 16.5. The topological polar surface area (TPSA) is 32.8 Å². The van der Waals surface area contributed by atoms with E-state index < -0.39 is 0 Å². The van der Waals surface area contributed by atoms with Crippen LogP contribution in [0.4, 0.5) is 0 Å². The zero-order chi connectivity index (χ0) is 17.8. The zero-order valence-corrected chi connectivity index (χ0v) is 15.5. The summed E-state index contributed by atoms with van der Waals surface area (Å²) in [5.74, 6) is 1.87. The van der Waals surface area contributed by atoms with Crippen molar-refractivity contribution in [3.8, 4) is 5.75 Å². The molecule has 3 rings (SSSR count). The maximum atomic E-state index is 12.5. The average molecular weight is 340 g/mol. The van der Waals surface area contributed by atoms with Crippen molar-refractivity contribution in [2.45, 2.75) is 26.3 Å². The van der Waals surface area contributed by atoms with Crippen LogP contribution in [0, 0.1) is 5.92 Å². The van der Waals surface area contributed by atoms with Crippen molar-refractivity contribution in [2.24, 2.45) is 5.92 Å². The third-order valence-corrected chi connectivity index (χ3v) is 4.98. The van der Waals surface area contributed by atoms with Gasteiger partial charge in [0.15, 0.2) is 0 Å². The van der Waals surface area contributed by atoms with Gasteiger partial charge in [0.2, 0.25) is 5.91 Å². The van der Waals surface area contributed by atoms with Crippen LogP contribution in [0.5, 0.6) is 5.75 Å². The third-order valence-electron chi connectivity index (χ3n) is 4.98. The van der Waals surface area contributed by atoms with E-state index in [0.717, 1.165) is 35.7 Å². The lowest BCUT2D eigenvalue weighted by Crippen LogP contribution is -2.38. The first kappa shape index (κ1) is 17.7. The Labute approximate surface area is 150 Å². The summed E-state index contributed by atoms with van der Waals surface area (Å²) in [5, 5.41) is 2.32. The predicted molar refractivity (Wildman–Crippen MR) is 102 cm³/mol. The second kappa shape index (κ2) is 7.87. The van der Waals surface area contributed by atoms with Crippen molar-refractivity contribution < 1.29 is 9.53 Å². The largest absolute Gasteiger partial charge is 0.497 e. The molecule has 4 heteroatoms. The minimum absolute atomic E-state index is 0.192. The first-order chi connectivity index (χ1) is 12.1. The number of fused-ring (bicyclic) bond motifs is 1. The van der Waals surface area contributed by atoms with Crippen LogP contribution in [-0.2, 0) is 11.3 Å². The van der Waals surface area contributed by atoms with Crippen molar-refractivity contribution in [1.82, 2.24) is 9.80 Å². The quantitative estimate of drug-likeness (QED) is 0.737. The SMILES string of the molecule is CCN(CC(=O)N(C)Cc1ccc2cc(OC)ccc2c1)CC1CC1. The molecule has 0 atom stereocenters. The fourth-order valence-electron chi connectivity index (χ4n) is 3.14. The molecule has 1 aliphatic carbocycles. The van der Waals surface area contributed by atoms with Crippen LogP contribution in [0.1, 0.15) is 25.3 Å². The number of carbonyl (C=O) groups is 1. The number of nitrogens with zero attached hydrogens (tertiary/aromatic N) is 2. The molecular formula is C21H28N2O2. The zero-order valence-electron chi connectivity index (χ0n) is 15.5. The Morgan fingerprint density at radius 3 is 2.56 bits per heavy atom. The van der Waals surface area contributed by atoms with Crippen molar-refractivity contribution in [3.63, 3.8) is 0 Å². The van der Waals surface area contributed by atoms with Crippen LogP contribution in [0.15, 0.2) is 36.4 Å². The molecule has 1 fully saturated rings. The van der Waals surface area contributed by atoms with Crippen molar-refractivity contribution >= 4 is 16.7 Å². The molecule has 0 bridgehead atoms. The van der Waals surface area contributed by atoms with Gasteiger partial charge in [0.1, 0.15) is 5.75 Å². The molecule has 0 radical (unpaired) electrons. The fourth-order valence-corrected chi connectivity index (χ4v) is 3.14. The Kier molecular flexibility index (Phi) is 5.59. The molecule has 2 aromatic rings. The molecule has 0 aliphatic heterocycles. The Balaban J connectivity index is 1.61. The highest BCUT2D eigenvalue weighted by Gasteiger charge is 2.25. The fraction of sp³-hybridized carbons (Fsp3) is 0.476. The molecule has 4 nitrogen and oxygen atoms in total. The molecule has 1 aliphatic rings. The maximum Gasteiger partial charge on any atom is 0.236 e. The number of methoxy groups -OCH3 is 1. The molecule has 0 heterocycles. The molecule has 2 aromatic carbocycles. The summed E-state index contributed by atoms with van der Waals surface area (Å²) in [6, 6.07) is 12.4. The van der Waals surface area contributed by atoms with Gasteiger partial charge in [0.25, 0.3) is 0 Å². The lowest BCUT2D eigenvalue weighted by Gasteiger charge is -2.24. The second-order valence-electron chi connectivity index (χ2n) is 7.07. The number of ether oxygens (including phenoxy) is 1. The van der Waals surface area contributed by atoms with Crippen LogP contribution in [-0.4, -0.2) is 49.5 Å². The van der Waals surface area contributed by atoms with E-state index in [4.69, 9.17) is 4.74 Å². The van der Waals surface area contributed by atoms with E-state index >= 15 is 0 Å². The molecule has 134 valence electrons. The van der Waals surface area contributed by atoms with Crippen LogP contribution < -0.4 is 4.74 Å². The molecule has 0 aromatic heterocycles. The molecule has 25 heavy (non-hydrogen) atoms. The summed E-state index contributed by atoms with van der Waals surface area (Å²) in [7, 11) is 3.57. The normalized spacial score (nSPS) is 14.1. The number of carbonyl (C=O) groups excluding carboxylic acids is 1.